The van der Waals surface area contributed by atoms with Crippen LogP contribution in [0.25, 0.3) is 0 Å². The first kappa shape index (κ1) is 19.6. The van der Waals surface area contributed by atoms with Crippen molar-refractivity contribution in [2.24, 2.45) is 11.8 Å². The number of rotatable bonds is 6. The van der Waals surface area contributed by atoms with Crippen LogP contribution in [0.5, 0.6) is 0 Å². The molecule has 0 aromatic carbocycles. The molecule has 6 nitrogen and oxygen atoms in total. The Kier molecular flexibility index (Phi) is 6.76. The number of carbonyl (C=O) groups is 2. The second kappa shape index (κ2) is 8.61. The van der Waals surface area contributed by atoms with Crippen molar-refractivity contribution in [1.29, 1.82) is 0 Å². The number of aromatic nitrogens is 2. The van der Waals surface area contributed by atoms with Gasteiger partial charge in [0.1, 0.15) is 22.6 Å². The molecule has 0 saturated carbocycles. The van der Waals surface area contributed by atoms with Crippen LogP contribution in [0.2, 0.25) is 5.15 Å². The number of Topliss-reactive ketones (excluding diaryl/α,β-unsaturated/α-hetero) is 1. The fourth-order valence-corrected chi connectivity index (χ4v) is 3.75. The van der Waals surface area contributed by atoms with Gasteiger partial charge < -0.3 is 15.4 Å². The van der Waals surface area contributed by atoms with E-state index in [-0.39, 0.29) is 17.6 Å². The Morgan fingerprint density at radius 1 is 1.32 bits per heavy atom. The number of amides is 1. The predicted octanol–water partition coefficient (Wildman–Crippen LogP) is 2.81. The summed E-state index contributed by atoms with van der Waals surface area (Å²) in [7, 11) is 0. The number of nitrogens with two attached hydrogens (primary N) is 1. The van der Waals surface area contributed by atoms with Crippen LogP contribution in [-0.2, 0) is 16.0 Å². The summed E-state index contributed by atoms with van der Waals surface area (Å²) in [5, 5.41) is 0.440. The van der Waals surface area contributed by atoms with Crippen molar-refractivity contribution in [2.75, 3.05) is 18.8 Å². The summed E-state index contributed by atoms with van der Waals surface area (Å²) in [6.07, 6.45) is 3.96. The third-order valence-electron chi connectivity index (χ3n) is 4.84. The number of hydrogen-bond acceptors (Lipinski definition) is 5. The van der Waals surface area contributed by atoms with Crippen LogP contribution < -0.4 is 5.73 Å². The van der Waals surface area contributed by atoms with Crippen LogP contribution in [0.15, 0.2) is 0 Å². The van der Waals surface area contributed by atoms with Crippen LogP contribution >= 0.6 is 11.6 Å². The number of ketones is 1. The summed E-state index contributed by atoms with van der Waals surface area (Å²) in [4.78, 5) is 33.8. The second-order valence-corrected chi connectivity index (χ2v) is 7.40. The maximum Gasteiger partial charge on any atom is 0.225 e. The molecule has 1 aromatic heterocycles. The van der Waals surface area contributed by atoms with Gasteiger partial charge in [-0.1, -0.05) is 18.5 Å². The molecule has 0 radical (unpaired) electrons. The number of nitrogen functional groups attached to an aromatic ring is 1. The van der Waals surface area contributed by atoms with Gasteiger partial charge in [-0.25, -0.2) is 9.97 Å². The molecule has 0 bridgehead atoms. The minimum absolute atomic E-state index is 0.0607. The minimum Gasteiger partial charge on any atom is -0.383 e. The lowest BCUT2D eigenvalue weighted by Crippen LogP contribution is -2.41. The van der Waals surface area contributed by atoms with E-state index in [2.05, 4.69) is 9.97 Å². The van der Waals surface area contributed by atoms with Gasteiger partial charge in [0.15, 0.2) is 0 Å². The van der Waals surface area contributed by atoms with Crippen LogP contribution in [0.4, 0.5) is 5.82 Å². The lowest BCUT2D eigenvalue weighted by molar-refractivity contribution is -0.138. The van der Waals surface area contributed by atoms with Gasteiger partial charge in [0.2, 0.25) is 5.91 Å². The monoisotopic (exact) mass is 366 g/mol. The summed E-state index contributed by atoms with van der Waals surface area (Å²) in [6.45, 7) is 6.63. The first-order valence-electron chi connectivity index (χ1n) is 8.84. The minimum atomic E-state index is -0.225. The van der Waals surface area contributed by atoms with Crippen molar-refractivity contribution in [2.45, 2.75) is 52.9 Å². The third-order valence-corrected chi connectivity index (χ3v) is 5.16. The summed E-state index contributed by atoms with van der Waals surface area (Å²) < 4.78 is 0. The molecule has 138 valence electrons. The molecular formula is C18H27ClN4O2. The van der Waals surface area contributed by atoms with Gasteiger partial charge in [-0.3, -0.25) is 4.79 Å². The molecule has 1 aliphatic rings. The Balaban J connectivity index is 1.83. The highest BCUT2D eigenvalue weighted by molar-refractivity contribution is 6.30. The number of carbonyl (C=O) groups excluding carboxylic acids is 2. The fraction of sp³-hybridized carbons (Fsp3) is 0.667. The Morgan fingerprint density at radius 3 is 2.52 bits per heavy atom. The second-order valence-electron chi connectivity index (χ2n) is 7.04. The van der Waals surface area contributed by atoms with E-state index in [1.807, 2.05) is 11.8 Å². The molecule has 0 spiro atoms. The molecule has 1 amide bonds. The molecule has 2 N–H and O–H groups in total. The number of halogens is 1. The number of aryl methyl sites for hydroxylation is 1. The largest absolute Gasteiger partial charge is 0.383 e. The zero-order valence-corrected chi connectivity index (χ0v) is 16.0. The third kappa shape index (κ3) is 5.39. The van der Waals surface area contributed by atoms with Gasteiger partial charge in [0.25, 0.3) is 0 Å². The van der Waals surface area contributed by atoms with E-state index < -0.39 is 0 Å². The fourth-order valence-electron chi connectivity index (χ4n) is 3.43. The predicted molar refractivity (Wildman–Crippen MR) is 98.3 cm³/mol. The van der Waals surface area contributed by atoms with E-state index in [9.17, 15) is 9.59 Å². The molecule has 1 aliphatic heterocycles. The summed E-state index contributed by atoms with van der Waals surface area (Å²) in [5.74, 6) is 1.50. The van der Waals surface area contributed by atoms with Gasteiger partial charge in [-0.2, -0.15) is 0 Å². The normalized spacial score (nSPS) is 16.7. The maximum atomic E-state index is 12.4. The van der Waals surface area contributed by atoms with E-state index in [1.54, 1.807) is 6.92 Å². The zero-order valence-electron chi connectivity index (χ0n) is 15.2. The van der Waals surface area contributed by atoms with Crippen molar-refractivity contribution >= 4 is 29.1 Å². The molecule has 0 unspecified atom stereocenters. The summed E-state index contributed by atoms with van der Waals surface area (Å²) in [6, 6.07) is 0. The molecule has 1 fully saturated rings. The highest BCUT2D eigenvalue weighted by Gasteiger charge is 2.26. The number of anilines is 1. The Hall–Kier alpha value is -1.69. The van der Waals surface area contributed by atoms with E-state index in [0.717, 1.165) is 44.3 Å². The molecule has 2 rings (SSSR count). The van der Waals surface area contributed by atoms with Crippen molar-refractivity contribution in [3.8, 4) is 0 Å². The van der Waals surface area contributed by atoms with Crippen LogP contribution in [0.1, 0.15) is 50.9 Å². The first-order chi connectivity index (χ1) is 11.8. The number of piperidine rings is 1. The van der Waals surface area contributed by atoms with Gasteiger partial charge in [-0.05, 0) is 45.4 Å². The molecule has 25 heavy (non-hydrogen) atoms. The summed E-state index contributed by atoms with van der Waals surface area (Å²) in [5.41, 5.74) is 6.78. The SMILES string of the molecule is CC(=O)C[C@H](C)C(=O)N1CCC(CCc2c(N)nc(C)nc2Cl)CC1. The molecule has 2 heterocycles. The average molecular weight is 367 g/mol. The van der Waals surface area contributed by atoms with Crippen LogP contribution in [-0.4, -0.2) is 39.6 Å². The average Bonchev–Trinajstić information content (AvgIpc) is 2.53. The maximum absolute atomic E-state index is 12.4. The Bertz CT molecular complexity index is 619. The summed E-state index contributed by atoms with van der Waals surface area (Å²) >= 11 is 6.18. The quantitative estimate of drug-likeness (QED) is 0.782. The van der Waals surface area contributed by atoms with Crippen molar-refractivity contribution in [3.05, 3.63) is 16.5 Å². The Labute approximate surface area is 154 Å². The number of likely N-dealkylation sites (tertiary alicyclic amines) is 1. The topological polar surface area (TPSA) is 89.2 Å². The van der Waals surface area contributed by atoms with Crippen molar-refractivity contribution in [1.82, 2.24) is 14.9 Å². The Morgan fingerprint density at radius 2 is 1.96 bits per heavy atom. The lowest BCUT2D eigenvalue weighted by atomic mass is 9.90. The van der Waals surface area contributed by atoms with Gasteiger partial charge in [0.05, 0.1) is 0 Å². The standard InChI is InChI=1S/C18H27ClN4O2/c1-11(10-12(2)24)18(25)23-8-6-14(7-9-23)4-5-15-16(19)21-13(3)22-17(15)20/h11,14H,4-10H2,1-3H3,(H2,20,21,22)/t11-/m0/s1. The zero-order chi connectivity index (χ0) is 18.6. The smallest absolute Gasteiger partial charge is 0.225 e. The lowest BCUT2D eigenvalue weighted by Gasteiger charge is -2.33. The van der Waals surface area contributed by atoms with E-state index in [1.165, 1.54) is 6.92 Å². The number of hydrogen-bond donors (Lipinski definition) is 1. The highest BCUT2D eigenvalue weighted by atomic mass is 35.5. The first-order valence-corrected chi connectivity index (χ1v) is 9.22. The van der Waals surface area contributed by atoms with E-state index in [4.69, 9.17) is 17.3 Å². The molecule has 1 aromatic rings. The van der Waals surface area contributed by atoms with Gasteiger partial charge in [0, 0.05) is 31.0 Å². The van der Waals surface area contributed by atoms with Gasteiger partial charge >= 0.3 is 0 Å². The molecular weight excluding hydrogens is 340 g/mol. The van der Waals surface area contributed by atoms with Crippen LogP contribution in [0, 0.1) is 18.8 Å². The molecule has 1 saturated heterocycles. The van der Waals surface area contributed by atoms with E-state index in [0.29, 0.717) is 29.1 Å². The molecule has 0 aliphatic carbocycles. The van der Waals surface area contributed by atoms with Crippen molar-refractivity contribution < 1.29 is 9.59 Å². The highest BCUT2D eigenvalue weighted by Crippen LogP contribution is 2.27. The van der Waals surface area contributed by atoms with E-state index >= 15 is 0 Å². The van der Waals surface area contributed by atoms with Gasteiger partial charge in [-0.15, -0.1) is 0 Å². The molecule has 7 heteroatoms. The van der Waals surface area contributed by atoms with Crippen molar-refractivity contribution in [3.63, 3.8) is 0 Å². The molecule has 1 atom stereocenters. The van der Waals surface area contributed by atoms with Crippen LogP contribution in [0.3, 0.4) is 0 Å². The number of nitrogens with zero attached hydrogens (tertiary/aromatic N) is 3.